The van der Waals surface area contributed by atoms with Crippen molar-refractivity contribution in [2.24, 2.45) is 5.14 Å². The molecule has 8 nitrogen and oxygen atoms in total. The van der Waals surface area contributed by atoms with Crippen molar-refractivity contribution in [2.75, 3.05) is 26.3 Å². The largest absolute Gasteiger partial charge is 0.395 e. The molecule has 0 radical (unpaired) electrons. The van der Waals surface area contributed by atoms with Gasteiger partial charge in [-0.3, -0.25) is 0 Å². The fourth-order valence-electron chi connectivity index (χ4n) is 1.54. The van der Waals surface area contributed by atoms with E-state index in [9.17, 15) is 16.8 Å². The molecule has 1 aromatic rings. The molecule has 0 saturated heterocycles. The number of hydrogen-bond acceptors (Lipinski definition) is 6. The van der Waals surface area contributed by atoms with Gasteiger partial charge in [-0.05, 0) is 18.2 Å². The van der Waals surface area contributed by atoms with Crippen molar-refractivity contribution in [1.29, 1.82) is 0 Å². The van der Waals surface area contributed by atoms with E-state index in [1.165, 1.54) is 18.2 Å². The van der Waals surface area contributed by atoms with E-state index in [1.54, 1.807) is 0 Å². The maximum absolute atomic E-state index is 12.3. The van der Waals surface area contributed by atoms with Crippen LogP contribution in [0, 0.1) is 0 Å². The molecule has 1 aromatic carbocycles. The topological polar surface area (TPSA) is 138 Å². The van der Waals surface area contributed by atoms with Gasteiger partial charge in [0, 0.05) is 13.1 Å². The van der Waals surface area contributed by atoms with Crippen LogP contribution in [0.2, 0.25) is 0 Å². The molecule has 0 fully saturated rings. The lowest BCUT2D eigenvalue weighted by atomic mass is 10.4. The third-order valence-electron chi connectivity index (χ3n) is 2.47. The molecule has 0 amide bonds. The fourth-order valence-corrected chi connectivity index (χ4v) is 3.64. The third kappa shape index (κ3) is 3.98. The van der Waals surface area contributed by atoms with Gasteiger partial charge in [0.15, 0.2) is 0 Å². The molecular weight excluding hydrogens is 308 g/mol. The van der Waals surface area contributed by atoms with Crippen LogP contribution in [0.4, 0.5) is 0 Å². The average molecular weight is 324 g/mol. The number of sulfonamides is 2. The van der Waals surface area contributed by atoms with E-state index < -0.39 is 33.3 Å². The number of rotatable bonds is 7. The van der Waals surface area contributed by atoms with Crippen LogP contribution >= 0.6 is 0 Å². The summed E-state index contributed by atoms with van der Waals surface area (Å²) in [5.74, 6) is 0. The number of primary sulfonamides is 1. The van der Waals surface area contributed by atoms with Crippen LogP contribution in [0.3, 0.4) is 0 Å². The molecule has 0 aliphatic rings. The van der Waals surface area contributed by atoms with E-state index in [0.717, 1.165) is 10.4 Å². The molecule has 0 unspecified atom stereocenters. The number of aliphatic hydroxyl groups is 2. The second kappa shape index (κ2) is 6.61. The summed E-state index contributed by atoms with van der Waals surface area (Å²) >= 11 is 0. The molecule has 0 aliphatic carbocycles. The van der Waals surface area contributed by atoms with Gasteiger partial charge in [-0.15, -0.1) is 0 Å². The molecule has 114 valence electrons. The lowest BCUT2D eigenvalue weighted by Gasteiger charge is -2.20. The van der Waals surface area contributed by atoms with Gasteiger partial charge >= 0.3 is 0 Å². The normalized spacial score (nSPS) is 12.8. The Labute approximate surface area is 117 Å². The fraction of sp³-hybridized carbons (Fsp3) is 0.400. The zero-order valence-corrected chi connectivity index (χ0v) is 12.1. The van der Waals surface area contributed by atoms with E-state index >= 15 is 0 Å². The molecule has 4 N–H and O–H groups in total. The van der Waals surface area contributed by atoms with Crippen molar-refractivity contribution in [2.45, 2.75) is 9.79 Å². The summed E-state index contributed by atoms with van der Waals surface area (Å²) in [4.78, 5) is -0.600. The summed E-state index contributed by atoms with van der Waals surface area (Å²) in [6.45, 7) is -1.26. The Morgan fingerprint density at radius 1 is 1.00 bits per heavy atom. The highest BCUT2D eigenvalue weighted by Gasteiger charge is 2.24. The predicted molar refractivity (Wildman–Crippen MR) is 70.7 cm³/mol. The highest BCUT2D eigenvalue weighted by Crippen LogP contribution is 2.18. The number of nitrogens with two attached hydrogens (primary N) is 1. The first kappa shape index (κ1) is 17.0. The van der Waals surface area contributed by atoms with Gasteiger partial charge < -0.3 is 10.2 Å². The third-order valence-corrected chi connectivity index (χ3v) is 5.28. The van der Waals surface area contributed by atoms with Crippen LogP contribution < -0.4 is 5.14 Å². The molecule has 0 bridgehead atoms. The van der Waals surface area contributed by atoms with Crippen LogP contribution in [0.25, 0.3) is 0 Å². The van der Waals surface area contributed by atoms with Crippen LogP contribution in [-0.4, -0.2) is 57.7 Å². The molecule has 1 rings (SSSR count). The van der Waals surface area contributed by atoms with Crippen LogP contribution in [0.5, 0.6) is 0 Å². The highest BCUT2D eigenvalue weighted by atomic mass is 32.2. The van der Waals surface area contributed by atoms with Crippen molar-refractivity contribution in [3.63, 3.8) is 0 Å². The predicted octanol–water partition coefficient (Wildman–Crippen LogP) is -1.69. The molecule has 0 spiro atoms. The Morgan fingerprint density at radius 2 is 1.50 bits per heavy atom. The smallest absolute Gasteiger partial charge is 0.243 e. The summed E-state index contributed by atoms with van der Waals surface area (Å²) in [5.41, 5.74) is 0. The van der Waals surface area contributed by atoms with E-state index in [0.29, 0.717) is 0 Å². The Hall–Kier alpha value is -1.04. The van der Waals surface area contributed by atoms with E-state index in [2.05, 4.69) is 0 Å². The molecule has 10 heteroatoms. The average Bonchev–Trinajstić information content (AvgIpc) is 2.37. The lowest BCUT2D eigenvalue weighted by Crippen LogP contribution is -2.36. The van der Waals surface area contributed by atoms with Gasteiger partial charge in [0.25, 0.3) is 0 Å². The maximum Gasteiger partial charge on any atom is 0.243 e. The number of hydrogen-bond donors (Lipinski definition) is 3. The van der Waals surface area contributed by atoms with Crippen molar-refractivity contribution < 1.29 is 27.0 Å². The molecule has 0 aromatic heterocycles. The Bertz CT molecular complexity index is 650. The molecule has 0 heterocycles. The van der Waals surface area contributed by atoms with Gasteiger partial charge in [0.2, 0.25) is 20.0 Å². The Morgan fingerprint density at radius 3 is 1.95 bits per heavy atom. The second-order valence-corrected chi connectivity index (χ2v) is 7.37. The van der Waals surface area contributed by atoms with Crippen LogP contribution in [0.1, 0.15) is 0 Å². The molecular formula is C10H16N2O6S2. The van der Waals surface area contributed by atoms with Crippen molar-refractivity contribution in [3.05, 3.63) is 24.3 Å². The quantitative estimate of drug-likeness (QED) is 0.547. The van der Waals surface area contributed by atoms with Gasteiger partial charge in [0.1, 0.15) is 0 Å². The minimum Gasteiger partial charge on any atom is -0.395 e. The highest BCUT2D eigenvalue weighted by molar-refractivity contribution is 7.90. The van der Waals surface area contributed by atoms with Crippen molar-refractivity contribution in [3.8, 4) is 0 Å². The standard InChI is InChI=1S/C10H16N2O6S2/c11-19(15,16)9-2-1-3-10(8-9)20(17,18)12(4-6-13)5-7-14/h1-3,8,13-14H,4-7H2,(H2,11,15,16). The first-order chi connectivity index (χ1) is 9.23. The maximum atomic E-state index is 12.3. The number of aliphatic hydroxyl groups excluding tert-OH is 2. The molecule has 20 heavy (non-hydrogen) atoms. The Kier molecular flexibility index (Phi) is 5.62. The zero-order valence-electron chi connectivity index (χ0n) is 10.5. The number of benzene rings is 1. The van der Waals surface area contributed by atoms with Crippen molar-refractivity contribution in [1.82, 2.24) is 4.31 Å². The SMILES string of the molecule is NS(=O)(=O)c1cccc(S(=O)(=O)N(CCO)CCO)c1. The van der Waals surface area contributed by atoms with Crippen molar-refractivity contribution >= 4 is 20.0 Å². The minimum atomic E-state index is -4.02. The van der Waals surface area contributed by atoms with E-state index in [4.69, 9.17) is 15.4 Å². The minimum absolute atomic E-state index is 0.206. The summed E-state index contributed by atoms with van der Waals surface area (Å²) in [5, 5.41) is 22.7. The summed E-state index contributed by atoms with van der Waals surface area (Å²) in [7, 11) is -8.03. The van der Waals surface area contributed by atoms with Gasteiger partial charge in [-0.25, -0.2) is 22.0 Å². The summed E-state index contributed by atoms with van der Waals surface area (Å²) in [6.07, 6.45) is 0. The first-order valence-corrected chi connectivity index (χ1v) is 8.57. The van der Waals surface area contributed by atoms with Gasteiger partial charge in [-0.2, -0.15) is 4.31 Å². The first-order valence-electron chi connectivity index (χ1n) is 5.58. The monoisotopic (exact) mass is 324 g/mol. The van der Waals surface area contributed by atoms with Crippen LogP contribution in [0.15, 0.2) is 34.1 Å². The summed E-state index contributed by atoms with van der Waals surface area (Å²) < 4.78 is 47.8. The van der Waals surface area contributed by atoms with E-state index in [-0.39, 0.29) is 22.9 Å². The molecule has 0 atom stereocenters. The lowest BCUT2D eigenvalue weighted by molar-refractivity contribution is 0.217. The van der Waals surface area contributed by atoms with E-state index in [1.807, 2.05) is 0 Å². The van der Waals surface area contributed by atoms with Gasteiger partial charge in [-0.1, -0.05) is 6.07 Å². The second-order valence-electron chi connectivity index (χ2n) is 3.87. The molecule has 0 saturated carbocycles. The van der Waals surface area contributed by atoms with Gasteiger partial charge in [0.05, 0.1) is 23.0 Å². The Balaban J connectivity index is 3.27. The summed E-state index contributed by atoms with van der Waals surface area (Å²) in [6, 6.07) is 4.58. The zero-order chi connectivity index (χ0) is 15.4. The molecule has 0 aliphatic heterocycles. The number of nitrogens with zero attached hydrogens (tertiary/aromatic N) is 1. The van der Waals surface area contributed by atoms with Crippen LogP contribution in [-0.2, 0) is 20.0 Å².